The average molecular weight is 546 g/mol. The normalized spacial score (nSPS) is 20.7. The van der Waals surface area contributed by atoms with Crippen LogP contribution < -0.4 is 19.9 Å². The Morgan fingerprint density at radius 2 is 1.95 bits per heavy atom. The minimum absolute atomic E-state index is 0.0799. The number of aromatic nitrogens is 1. The van der Waals surface area contributed by atoms with Gasteiger partial charge in [-0.1, -0.05) is 30.2 Å². The lowest BCUT2D eigenvalue weighted by Crippen LogP contribution is -2.51. The van der Waals surface area contributed by atoms with Crippen molar-refractivity contribution in [3.8, 4) is 30.4 Å². The first kappa shape index (κ1) is 26.9. The number of hydrogen-bond donors (Lipinski definition) is 1. The average Bonchev–Trinajstić information content (AvgIpc) is 3.43. The van der Waals surface area contributed by atoms with Crippen LogP contribution in [-0.4, -0.2) is 68.3 Å². The van der Waals surface area contributed by atoms with E-state index in [-0.39, 0.29) is 6.04 Å². The second-order valence-electron chi connectivity index (χ2n) is 11.2. The Bertz CT molecular complexity index is 1570. The third kappa shape index (κ3) is 5.16. The number of nitrogens with one attached hydrogen (secondary N) is 1. The molecule has 0 saturated carbocycles. The molecule has 1 unspecified atom stereocenters. The Kier molecular flexibility index (Phi) is 7.66. The Balaban J connectivity index is 1.42. The molecule has 208 valence electrons. The van der Waals surface area contributed by atoms with Crippen molar-refractivity contribution in [2.45, 2.75) is 44.3 Å². The van der Waals surface area contributed by atoms with Gasteiger partial charge in [0.2, 0.25) is 5.88 Å². The molecular weight excluding hydrogens is 510 g/mol. The number of fused-ring (bicyclic) bond motifs is 2. The van der Waals surface area contributed by atoms with Crippen LogP contribution in [0.4, 0.5) is 11.5 Å². The van der Waals surface area contributed by atoms with Crippen molar-refractivity contribution in [3.63, 3.8) is 0 Å². The molecular formula is C33H35N7O. The van der Waals surface area contributed by atoms with Crippen molar-refractivity contribution in [1.82, 2.24) is 15.2 Å². The van der Waals surface area contributed by atoms with Crippen molar-refractivity contribution >= 4 is 22.3 Å². The van der Waals surface area contributed by atoms with Crippen LogP contribution in [0.25, 0.3) is 10.8 Å². The smallest absolute Gasteiger partial charge is 0.234 e. The number of terminal acetylenes is 1. The van der Waals surface area contributed by atoms with Crippen molar-refractivity contribution < 1.29 is 4.74 Å². The first-order valence-corrected chi connectivity index (χ1v) is 14.5. The summed E-state index contributed by atoms with van der Waals surface area (Å²) in [6.07, 6.45) is 9.34. The van der Waals surface area contributed by atoms with Crippen LogP contribution >= 0.6 is 0 Å². The maximum atomic E-state index is 10.5. The number of likely N-dealkylation sites (tertiary alicyclic amines) is 1. The third-order valence-electron chi connectivity index (χ3n) is 8.81. The van der Waals surface area contributed by atoms with E-state index < -0.39 is 0 Å². The molecule has 41 heavy (non-hydrogen) atoms. The van der Waals surface area contributed by atoms with Crippen LogP contribution in [0.15, 0.2) is 36.4 Å². The Labute approximate surface area is 242 Å². The summed E-state index contributed by atoms with van der Waals surface area (Å²) in [6, 6.07) is 17.5. The number of nitriles is 2. The molecule has 3 aliphatic rings. The van der Waals surface area contributed by atoms with Crippen molar-refractivity contribution in [2.75, 3.05) is 56.2 Å². The van der Waals surface area contributed by atoms with Gasteiger partial charge in [0.15, 0.2) is 0 Å². The number of piperazine rings is 1. The van der Waals surface area contributed by atoms with Crippen LogP contribution in [0.5, 0.6) is 5.88 Å². The molecule has 1 N–H and O–H groups in total. The minimum Gasteiger partial charge on any atom is -0.475 e. The summed E-state index contributed by atoms with van der Waals surface area (Å²) in [7, 11) is 2.13. The molecule has 8 heteroatoms. The molecule has 4 heterocycles. The van der Waals surface area contributed by atoms with Gasteiger partial charge in [-0.2, -0.15) is 15.5 Å². The molecule has 0 bridgehead atoms. The maximum absolute atomic E-state index is 10.5. The van der Waals surface area contributed by atoms with E-state index in [0.717, 1.165) is 84.4 Å². The van der Waals surface area contributed by atoms with Gasteiger partial charge in [-0.05, 0) is 50.4 Å². The van der Waals surface area contributed by atoms with E-state index in [4.69, 9.17) is 16.1 Å². The first-order chi connectivity index (χ1) is 20.1. The number of hydrogen-bond acceptors (Lipinski definition) is 8. The quantitative estimate of drug-likeness (QED) is 0.468. The highest BCUT2D eigenvalue weighted by Crippen LogP contribution is 2.39. The highest BCUT2D eigenvalue weighted by atomic mass is 16.5. The standard InChI is InChI=1S/C33H35N7O/c1-3-23-7-4-8-24-9-5-11-30(31(23)24)39-17-13-27-29(21-39)28(19-35)33(41-22-26-10-6-16-38(26)2)37-32(27)40-18-15-36-25(20-40)12-14-34/h1,4-5,7-9,11,25-26,36H,6,10,12-13,15-18,20-22H2,2H3/t25?,26-/m0/s1. The van der Waals surface area contributed by atoms with Gasteiger partial charge in [0.25, 0.3) is 0 Å². The van der Waals surface area contributed by atoms with E-state index in [1.165, 1.54) is 0 Å². The van der Waals surface area contributed by atoms with Gasteiger partial charge in [-0.15, -0.1) is 6.42 Å². The molecule has 0 amide bonds. The lowest BCUT2D eigenvalue weighted by Gasteiger charge is -2.38. The predicted molar refractivity (Wildman–Crippen MR) is 161 cm³/mol. The number of nitrogens with zero attached hydrogens (tertiary/aromatic N) is 6. The second kappa shape index (κ2) is 11.7. The number of ether oxygens (including phenoxy) is 1. The van der Waals surface area contributed by atoms with Gasteiger partial charge in [-0.3, -0.25) is 0 Å². The van der Waals surface area contributed by atoms with Gasteiger partial charge >= 0.3 is 0 Å². The van der Waals surface area contributed by atoms with Gasteiger partial charge in [0, 0.05) is 72.6 Å². The summed E-state index contributed by atoms with van der Waals surface area (Å²) in [4.78, 5) is 12.0. The molecule has 3 aromatic rings. The van der Waals surface area contributed by atoms with Crippen LogP contribution in [0, 0.1) is 35.0 Å². The van der Waals surface area contributed by atoms with Crippen molar-refractivity contribution in [2.24, 2.45) is 0 Å². The van der Waals surface area contributed by atoms with Crippen molar-refractivity contribution in [3.05, 3.63) is 58.7 Å². The highest BCUT2D eigenvalue weighted by molar-refractivity contribution is 5.99. The van der Waals surface area contributed by atoms with E-state index in [0.29, 0.717) is 43.6 Å². The SMILES string of the molecule is C#Cc1cccc2cccc(N3CCc4c(N5CCNC(CC#N)C5)nc(OC[C@@H]5CCCN5C)c(C#N)c4C3)c12. The molecule has 0 radical (unpaired) electrons. The molecule has 6 rings (SSSR count). The summed E-state index contributed by atoms with van der Waals surface area (Å²) < 4.78 is 6.39. The fourth-order valence-corrected chi connectivity index (χ4v) is 6.61. The minimum atomic E-state index is 0.0799. The molecule has 3 aliphatic heterocycles. The zero-order chi connectivity index (χ0) is 28.3. The first-order valence-electron chi connectivity index (χ1n) is 14.5. The maximum Gasteiger partial charge on any atom is 0.234 e. The van der Waals surface area contributed by atoms with Crippen LogP contribution in [-0.2, 0) is 13.0 Å². The van der Waals surface area contributed by atoms with Crippen molar-refractivity contribution in [1.29, 1.82) is 10.5 Å². The summed E-state index contributed by atoms with van der Waals surface area (Å²) in [5.74, 6) is 4.17. The second-order valence-corrected chi connectivity index (χ2v) is 11.2. The highest BCUT2D eigenvalue weighted by Gasteiger charge is 2.32. The number of likely N-dealkylation sites (N-methyl/N-ethyl adjacent to an activating group) is 1. The Morgan fingerprint density at radius 1 is 1.10 bits per heavy atom. The van der Waals surface area contributed by atoms with E-state index in [9.17, 15) is 10.5 Å². The Morgan fingerprint density at radius 3 is 2.71 bits per heavy atom. The van der Waals surface area contributed by atoms with Crippen LogP contribution in [0.2, 0.25) is 0 Å². The number of pyridine rings is 1. The van der Waals surface area contributed by atoms with Gasteiger partial charge in [0.05, 0.1) is 12.5 Å². The zero-order valence-electron chi connectivity index (χ0n) is 23.6. The number of anilines is 2. The summed E-state index contributed by atoms with van der Waals surface area (Å²) in [5.41, 5.74) is 4.56. The molecule has 8 nitrogen and oxygen atoms in total. The fourth-order valence-electron chi connectivity index (χ4n) is 6.61. The topological polar surface area (TPSA) is 91.4 Å². The predicted octanol–water partition coefficient (Wildman–Crippen LogP) is 3.82. The van der Waals surface area contributed by atoms with Gasteiger partial charge in [-0.25, -0.2) is 0 Å². The van der Waals surface area contributed by atoms with Gasteiger partial charge < -0.3 is 24.8 Å². The van der Waals surface area contributed by atoms with Crippen LogP contribution in [0.1, 0.15) is 41.5 Å². The third-order valence-corrected chi connectivity index (χ3v) is 8.81. The summed E-state index contributed by atoms with van der Waals surface area (Å²) in [5, 5.41) is 25.4. The zero-order valence-corrected chi connectivity index (χ0v) is 23.6. The van der Waals surface area contributed by atoms with Gasteiger partial charge in [0.1, 0.15) is 24.1 Å². The van der Waals surface area contributed by atoms with E-state index in [2.05, 4.69) is 69.4 Å². The Hall–Kier alpha value is -4.29. The monoisotopic (exact) mass is 545 g/mol. The lowest BCUT2D eigenvalue weighted by molar-refractivity contribution is 0.192. The molecule has 2 saturated heterocycles. The molecule has 1 aromatic heterocycles. The number of benzene rings is 2. The van der Waals surface area contributed by atoms with E-state index in [1.807, 2.05) is 12.1 Å². The lowest BCUT2D eigenvalue weighted by atomic mass is 9.94. The molecule has 2 fully saturated rings. The molecule has 2 atom stereocenters. The largest absolute Gasteiger partial charge is 0.475 e. The summed E-state index contributed by atoms with van der Waals surface area (Å²) >= 11 is 0. The summed E-state index contributed by atoms with van der Waals surface area (Å²) in [6.45, 7) is 5.18. The van der Waals surface area contributed by atoms with E-state index in [1.54, 1.807) is 0 Å². The molecule has 0 aliphatic carbocycles. The number of rotatable bonds is 6. The molecule has 2 aromatic carbocycles. The molecule has 0 spiro atoms. The van der Waals surface area contributed by atoms with Crippen LogP contribution in [0.3, 0.4) is 0 Å². The fraction of sp³-hybridized carbons (Fsp3) is 0.424. The van der Waals surface area contributed by atoms with E-state index >= 15 is 0 Å².